The summed E-state index contributed by atoms with van der Waals surface area (Å²) in [5.41, 5.74) is 0. The summed E-state index contributed by atoms with van der Waals surface area (Å²) in [6.45, 7) is 3.00. The third kappa shape index (κ3) is 5.06. The first-order valence-electron chi connectivity index (χ1n) is 10.9. The molecule has 3 amide bonds. The average Bonchev–Trinajstić information content (AvgIpc) is 3.12. The van der Waals surface area contributed by atoms with Crippen LogP contribution in [0.15, 0.2) is 0 Å². The van der Waals surface area contributed by atoms with Gasteiger partial charge in [-0.3, -0.25) is 14.4 Å². The maximum absolute atomic E-state index is 13.2. The van der Waals surface area contributed by atoms with E-state index in [4.69, 9.17) is 6.42 Å². The summed E-state index contributed by atoms with van der Waals surface area (Å²) in [6.07, 6.45) is 14.6. The molecule has 0 N–H and O–H groups in total. The van der Waals surface area contributed by atoms with Crippen LogP contribution >= 0.6 is 0 Å². The number of hydrogen-bond acceptors (Lipinski definition) is 3. The summed E-state index contributed by atoms with van der Waals surface area (Å²) in [4.78, 5) is 42.9. The minimum atomic E-state index is -0.151. The van der Waals surface area contributed by atoms with Crippen molar-refractivity contribution in [3.05, 3.63) is 0 Å². The third-order valence-electron chi connectivity index (χ3n) is 6.44. The number of terminal acetylenes is 1. The number of rotatable bonds is 7. The third-order valence-corrected chi connectivity index (χ3v) is 6.44. The van der Waals surface area contributed by atoms with Gasteiger partial charge < -0.3 is 14.7 Å². The maximum Gasteiger partial charge on any atom is 0.228 e. The lowest BCUT2D eigenvalue weighted by Crippen LogP contribution is -2.50. The number of carbonyl (C=O) groups is 3. The first kappa shape index (κ1) is 20.7. The molecule has 2 aliphatic heterocycles. The molecule has 3 fully saturated rings. The van der Waals surface area contributed by atoms with Crippen LogP contribution < -0.4 is 0 Å². The van der Waals surface area contributed by atoms with Gasteiger partial charge in [-0.2, -0.15) is 0 Å². The average molecular weight is 388 g/mol. The van der Waals surface area contributed by atoms with Gasteiger partial charge in [0.05, 0.1) is 12.5 Å². The minimum absolute atomic E-state index is 0.122. The molecule has 1 saturated carbocycles. The van der Waals surface area contributed by atoms with Crippen molar-refractivity contribution in [3.63, 3.8) is 0 Å². The van der Waals surface area contributed by atoms with Crippen LogP contribution in [0.3, 0.4) is 0 Å². The highest BCUT2D eigenvalue weighted by molar-refractivity contribution is 5.84. The Balaban J connectivity index is 1.54. The molecule has 1 atom stereocenters. The van der Waals surface area contributed by atoms with Gasteiger partial charge in [-0.15, -0.1) is 6.42 Å². The van der Waals surface area contributed by atoms with E-state index >= 15 is 0 Å². The van der Waals surface area contributed by atoms with Crippen LogP contribution in [0.1, 0.15) is 64.2 Å². The Kier molecular flexibility index (Phi) is 7.36. The number of nitrogens with zero attached hydrogens (tertiary/aromatic N) is 3. The zero-order valence-corrected chi connectivity index (χ0v) is 16.9. The summed E-state index contributed by atoms with van der Waals surface area (Å²) in [6, 6.07) is 0.254. The van der Waals surface area contributed by atoms with Crippen molar-refractivity contribution in [1.82, 2.24) is 14.7 Å². The molecular formula is C22H33N3O3. The molecule has 28 heavy (non-hydrogen) atoms. The lowest BCUT2D eigenvalue weighted by Gasteiger charge is -2.38. The van der Waals surface area contributed by atoms with Crippen LogP contribution in [0, 0.1) is 18.3 Å². The van der Waals surface area contributed by atoms with Gasteiger partial charge in [0.15, 0.2) is 0 Å². The Bertz CT molecular complexity index is 621. The van der Waals surface area contributed by atoms with Gasteiger partial charge in [0.1, 0.15) is 0 Å². The Morgan fingerprint density at radius 2 is 1.71 bits per heavy atom. The summed E-state index contributed by atoms with van der Waals surface area (Å²) < 4.78 is 0. The Morgan fingerprint density at radius 3 is 2.39 bits per heavy atom. The highest BCUT2D eigenvalue weighted by Gasteiger charge is 2.35. The van der Waals surface area contributed by atoms with Crippen molar-refractivity contribution in [2.75, 3.05) is 32.7 Å². The van der Waals surface area contributed by atoms with Crippen molar-refractivity contribution >= 4 is 17.7 Å². The van der Waals surface area contributed by atoms with E-state index in [0.717, 1.165) is 45.1 Å². The molecular weight excluding hydrogens is 354 g/mol. The second-order valence-corrected chi connectivity index (χ2v) is 8.38. The Morgan fingerprint density at radius 1 is 1.00 bits per heavy atom. The predicted octanol–water partition coefficient (Wildman–Crippen LogP) is 2.03. The first-order valence-corrected chi connectivity index (χ1v) is 10.9. The van der Waals surface area contributed by atoms with Crippen molar-refractivity contribution < 1.29 is 14.4 Å². The normalized spacial score (nSPS) is 23.8. The Labute approximate surface area is 168 Å². The van der Waals surface area contributed by atoms with Crippen LogP contribution in [0.4, 0.5) is 0 Å². The topological polar surface area (TPSA) is 60.9 Å². The van der Waals surface area contributed by atoms with Crippen LogP contribution in [-0.4, -0.2) is 71.2 Å². The highest BCUT2D eigenvalue weighted by atomic mass is 16.2. The van der Waals surface area contributed by atoms with Crippen LogP contribution in [0.5, 0.6) is 0 Å². The number of amides is 3. The zero-order chi connectivity index (χ0) is 19.9. The van der Waals surface area contributed by atoms with E-state index in [1.54, 1.807) is 0 Å². The molecule has 2 saturated heterocycles. The van der Waals surface area contributed by atoms with Gasteiger partial charge in [-0.05, 0) is 32.1 Å². The first-order chi connectivity index (χ1) is 13.6. The van der Waals surface area contributed by atoms with E-state index in [-0.39, 0.29) is 29.7 Å². The quantitative estimate of drug-likeness (QED) is 0.628. The molecule has 3 aliphatic rings. The van der Waals surface area contributed by atoms with Gasteiger partial charge in [-0.1, -0.05) is 25.2 Å². The van der Waals surface area contributed by atoms with E-state index in [9.17, 15) is 14.4 Å². The summed E-state index contributed by atoms with van der Waals surface area (Å²) in [5, 5.41) is 0. The number of hydrogen-bond donors (Lipinski definition) is 0. The van der Waals surface area contributed by atoms with Crippen molar-refractivity contribution in [3.8, 4) is 12.3 Å². The van der Waals surface area contributed by atoms with E-state index in [1.807, 2.05) is 14.7 Å². The van der Waals surface area contributed by atoms with Gasteiger partial charge in [0.25, 0.3) is 0 Å². The van der Waals surface area contributed by atoms with E-state index in [2.05, 4.69) is 5.92 Å². The molecule has 0 aromatic rings. The SMILES string of the molecule is C#CCN(C(=O)C1CCC(=O)N(CCCN2CCCC2=O)C1)C1CCCCC1. The Hall–Kier alpha value is -2.03. The van der Waals surface area contributed by atoms with E-state index in [1.165, 1.54) is 6.42 Å². The number of likely N-dealkylation sites (tertiary alicyclic amines) is 2. The van der Waals surface area contributed by atoms with Gasteiger partial charge in [0, 0.05) is 45.1 Å². The zero-order valence-electron chi connectivity index (χ0n) is 16.9. The fraction of sp³-hybridized carbons (Fsp3) is 0.773. The number of piperidine rings is 1. The molecule has 0 spiro atoms. The molecule has 1 aliphatic carbocycles. The smallest absolute Gasteiger partial charge is 0.228 e. The van der Waals surface area contributed by atoms with Gasteiger partial charge >= 0.3 is 0 Å². The highest BCUT2D eigenvalue weighted by Crippen LogP contribution is 2.27. The lowest BCUT2D eigenvalue weighted by atomic mass is 9.91. The van der Waals surface area contributed by atoms with E-state index < -0.39 is 0 Å². The van der Waals surface area contributed by atoms with Gasteiger partial charge in [-0.25, -0.2) is 0 Å². The minimum Gasteiger partial charge on any atom is -0.343 e. The molecule has 0 bridgehead atoms. The fourth-order valence-electron chi connectivity index (χ4n) is 4.84. The maximum atomic E-state index is 13.2. The molecule has 1 unspecified atom stereocenters. The molecule has 6 heteroatoms. The molecule has 0 aromatic heterocycles. The number of carbonyl (C=O) groups excluding carboxylic acids is 3. The standard InChI is InChI=1S/C22H33N3O3/c1-2-13-25(19-8-4-3-5-9-19)22(28)18-11-12-21(27)24(17-18)16-7-15-23-14-6-10-20(23)26/h1,18-19H,3-17H2. The molecule has 3 rings (SSSR count). The van der Waals surface area contributed by atoms with Crippen molar-refractivity contribution in [1.29, 1.82) is 0 Å². The summed E-state index contributed by atoms with van der Waals surface area (Å²) in [5.74, 6) is 2.97. The van der Waals surface area contributed by atoms with Crippen LogP contribution in [0.25, 0.3) is 0 Å². The second kappa shape index (κ2) is 9.95. The predicted molar refractivity (Wildman–Crippen MR) is 107 cm³/mol. The molecule has 6 nitrogen and oxygen atoms in total. The second-order valence-electron chi connectivity index (χ2n) is 8.38. The van der Waals surface area contributed by atoms with Crippen molar-refractivity contribution in [2.45, 2.75) is 70.3 Å². The largest absolute Gasteiger partial charge is 0.343 e. The van der Waals surface area contributed by atoms with Crippen LogP contribution in [-0.2, 0) is 14.4 Å². The van der Waals surface area contributed by atoms with Crippen molar-refractivity contribution in [2.24, 2.45) is 5.92 Å². The lowest BCUT2D eigenvalue weighted by molar-refractivity contribution is -0.144. The van der Waals surface area contributed by atoms with Crippen LogP contribution in [0.2, 0.25) is 0 Å². The summed E-state index contributed by atoms with van der Waals surface area (Å²) >= 11 is 0. The monoisotopic (exact) mass is 387 g/mol. The molecule has 0 radical (unpaired) electrons. The molecule has 154 valence electrons. The fourth-order valence-corrected chi connectivity index (χ4v) is 4.84. The van der Waals surface area contributed by atoms with E-state index in [0.29, 0.717) is 45.4 Å². The summed E-state index contributed by atoms with van der Waals surface area (Å²) in [7, 11) is 0. The molecule has 0 aromatic carbocycles. The molecule has 2 heterocycles. The van der Waals surface area contributed by atoms with Gasteiger partial charge in [0.2, 0.25) is 17.7 Å².